The Labute approximate surface area is 145 Å². The highest BCUT2D eigenvalue weighted by Crippen LogP contribution is 2.63. The number of carbonyl (C=O) groups is 1. The maximum Gasteiger partial charge on any atom is 0.229 e. The molecule has 122 valence electrons. The monoisotopic (exact) mass is 351 g/mol. The van der Waals surface area contributed by atoms with Crippen LogP contribution in [-0.4, -0.2) is 26.3 Å². The Balaban J connectivity index is 1.54. The van der Waals surface area contributed by atoms with E-state index >= 15 is 0 Å². The van der Waals surface area contributed by atoms with Crippen LogP contribution >= 0.6 is 23.2 Å². The minimum absolute atomic E-state index is 0.0938. The Kier molecular flexibility index (Phi) is 4.39. The van der Waals surface area contributed by atoms with E-state index in [2.05, 4.69) is 27.0 Å². The fraction of sp³-hybridized carbons (Fsp3) is 0.412. The molecule has 1 saturated carbocycles. The maximum absolute atomic E-state index is 12.1. The summed E-state index contributed by atoms with van der Waals surface area (Å²) in [6, 6.07) is 10.2. The zero-order valence-corrected chi connectivity index (χ0v) is 14.4. The van der Waals surface area contributed by atoms with Crippen molar-refractivity contribution in [3.05, 3.63) is 54.1 Å². The third-order valence-electron chi connectivity index (χ3n) is 4.39. The molecule has 1 N–H and O–H groups in total. The number of halogens is 2. The Morgan fingerprint density at radius 1 is 1.35 bits per heavy atom. The van der Waals surface area contributed by atoms with E-state index in [4.69, 9.17) is 23.2 Å². The number of benzene rings is 1. The summed E-state index contributed by atoms with van der Waals surface area (Å²) in [7, 11) is 0. The topological polar surface area (TPSA) is 46.9 Å². The van der Waals surface area contributed by atoms with Crippen LogP contribution in [0.1, 0.15) is 24.7 Å². The van der Waals surface area contributed by atoms with Crippen LogP contribution in [0, 0.1) is 5.41 Å². The number of rotatable bonds is 6. The minimum Gasteiger partial charge on any atom is -0.355 e. The molecule has 1 aromatic carbocycles. The van der Waals surface area contributed by atoms with E-state index in [0.717, 1.165) is 12.4 Å². The average Bonchev–Trinajstić information content (AvgIpc) is 2.84. The van der Waals surface area contributed by atoms with Crippen molar-refractivity contribution in [3.63, 3.8) is 0 Å². The molecule has 2 aromatic rings. The number of nitrogens with zero attached hydrogens (tertiary/aromatic N) is 2. The van der Waals surface area contributed by atoms with Crippen molar-refractivity contribution in [1.29, 1.82) is 0 Å². The first-order valence-corrected chi connectivity index (χ1v) is 8.38. The summed E-state index contributed by atoms with van der Waals surface area (Å²) in [5.41, 5.74) is 0.547. The van der Waals surface area contributed by atoms with Crippen LogP contribution in [-0.2, 0) is 17.8 Å². The molecule has 3 rings (SSSR count). The number of hydrogen-bond acceptors (Lipinski definition) is 2. The molecular formula is C17H19Cl2N3O. The minimum atomic E-state index is -0.928. The lowest BCUT2D eigenvalue weighted by atomic mass is 10.1. The summed E-state index contributed by atoms with van der Waals surface area (Å²) in [6.45, 7) is 3.08. The molecule has 1 aliphatic rings. The molecule has 1 amide bonds. The quantitative estimate of drug-likeness (QED) is 0.812. The molecule has 1 fully saturated rings. The number of amides is 1. The van der Waals surface area contributed by atoms with E-state index in [1.54, 1.807) is 13.1 Å². The molecule has 1 atom stereocenters. The van der Waals surface area contributed by atoms with Gasteiger partial charge in [0.05, 0.1) is 5.41 Å². The first-order valence-electron chi connectivity index (χ1n) is 7.62. The molecule has 1 heterocycles. The van der Waals surface area contributed by atoms with Crippen LogP contribution < -0.4 is 5.32 Å². The normalized spacial score (nSPS) is 21.9. The molecule has 0 aliphatic heterocycles. The summed E-state index contributed by atoms with van der Waals surface area (Å²) < 4.78 is 1.16. The largest absolute Gasteiger partial charge is 0.355 e. The molecule has 4 nitrogen and oxygen atoms in total. The van der Waals surface area contributed by atoms with E-state index in [1.807, 2.05) is 24.4 Å². The zero-order chi connectivity index (χ0) is 16.5. The van der Waals surface area contributed by atoms with Gasteiger partial charge in [-0.15, -0.1) is 23.2 Å². The van der Waals surface area contributed by atoms with Gasteiger partial charge in [0.25, 0.3) is 0 Å². The molecule has 23 heavy (non-hydrogen) atoms. The third-order valence-corrected chi connectivity index (χ3v) is 5.49. The van der Waals surface area contributed by atoms with Gasteiger partial charge in [0.15, 0.2) is 0 Å². The van der Waals surface area contributed by atoms with Gasteiger partial charge in [-0.2, -0.15) is 0 Å². The summed E-state index contributed by atoms with van der Waals surface area (Å²) in [5, 5.41) is 2.91. The second-order valence-corrected chi connectivity index (χ2v) is 7.66. The molecule has 1 aliphatic carbocycles. The smallest absolute Gasteiger partial charge is 0.229 e. The first-order chi connectivity index (χ1) is 10.9. The van der Waals surface area contributed by atoms with Crippen molar-refractivity contribution in [1.82, 2.24) is 14.9 Å². The highest BCUT2D eigenvalue weighted by Gasteiger charge is 2.67. The van der Waals surface area contributed by atoms with Gasteiger partial charge in [0.2, 0.25) is 5.91 Å². The lowest BCUT2D eigenvalue weighted by Gasteiger charge is -2.13. The number of nitrogens with one attached hydrogen (secondary N) is 1. The van der Waals surface area contributed by atoms with Gasteiger partial charge in [-0.05, 0) is 18.9 Å². The van der Waals surface area contributed by atoms with Gasteiger partial charge in [-0.3, -0.25) is 4.79 Å². The molecule has 6 heteroatoms. The fourth-order valence-corrected chi connectivity index (χ4v) is 3.33. The SMILES string of the molecule is CC1(C(=O)NCCc2nccn2Cc2ccccc2)CC1(Cl)Cl. The zero-order valence-electron chi connectivity index (χ0n) is 12.9. The second-order valence-electron chi connectivity index (χ2n) is 6.18. The van der Waals surface area contributed by atoms with Crippen LogP contribution in [0.3, 0.4) is 0 Å². The van der Waals surface area contributed by atoms with Crippen molar-refractivity contribution in [2.45, 2.75) is 30.6 Å². The highest BCUT2D eigenvalue weighted by atomic mass is 35.5. The number of aromatic nitrogens is 2. The molecule has 0 bridgehead atoms. The van der Waals surface area contributed by atoms with Crippen LogP contribution in [0.2, 0.25) is 0 Å². The summed E-state index contributed by atoms with van der Waals surface area (Å²) in [5.74, 6) is 0.849. The van der Waals surface area contributed by atoms with E-state index in [-0.39, 0.29) is 5.91 Å². The third kappa shape index (κ3) is 3.38. The molecule has 1 unspecified atom stereocenters. The highest BCUT2D eigenvalue weighted by molar-refractivity contribution is 6.53. The molecule has 0 saturated heterocycles. The van der Waals surface area contributed by atoms with E-state index in [1.165, 1.54) is 5.56 Å². The average molecular weight is 352 g/mol. The van der Waals surface area contributed by atoms with Crippen molar-refractivity contribution in [3.8, 4) is 0 Å². The van der Waals surface area contributed by atoms with E-state index < -0.39 is 9.75 Å². The van der Waals surface area contributed by atoms with Gasteiger partial charge in [-0.25, -0.2) is 4.98 Å². The number of hydrogen-bond donors (Lipinski definition) is 1. The summed E-state index contributed by atoms with van der Waals surface area (Å²) >= 11 is 12.1. The lowest BCUT2D eigenvalue weighted by Crippen LogP contribution is -2.34. The maximum atomic E-state index is 12.1. The predicted molar refractivity (Wildman–Crippen MR) is 91.6 cm³/mol. The first kappa shape index (κ1) is 16.3. The lowest BCUT2D eigenvalue weighted by molar-refractivity contribution is -0.125. The Bertz CT molecular complexity index is 699. The van der Waals surface area contributed by atoms with Crippen LogP contribution in [0.15, 0.2) is 42.7 Å². The fourth-order valence-electron chi connectivity index (χ4n) is 2.62. The van der Waals surface area contributed by atoms with Crippen LogP contribution in [0.4, 0.5) is 0 Å². The Morgan fingerprint density at radius 2 is 2.04 bits per heavy atom. The number of imidazole rings is 1. The Morgan fingerprint density at radius 3 is 2.70 bits per heavy atom. The van der Waals surface area contributed by atoms with Gasteiger partial charge < -0.3 is 9.88 Å². The summed E-state index contributed by atoms with van der Waals surface area (Å²) in [6.07, 6.45) is 4.90. The molecule has 1 aromatic heterocycles. The molecular weight excluding hydrogens is 333 g/mol. The Hall–Kier alpha value is -1.52. The number of alkyl halides is 2. The second kappa shape index (κ2) is 6.17. The molecule has 0 radical (unpaired) electrons. The van der Waals surface area contributed by atoms with Gasteiger partial charge in [0.1, 0.15) is 10.2 Å². The number of carbonyl (C=O) groups excluding carboxylic acids is 1. The van der Waals surface area contributed by atoms with E-state index in [0.29, 0.717) is 19.4 Å². The van der Waals surface area contributed by atoms with Crippen molar-refractivity contribution in [2.24, 2.45) is 5.41 Å². The van der Waals surface area contributed by atoms with Gasteiger partial charge in [0, 0.05) is 31.9 Å². The summed E-state index contributed by atoms with van der Waals surface area (Å²) in [4.78, 5) is 16.5. The van der Waals surface area contributed by atoms with E-state index in [9.17, 15) is 4.79 Å². The predicted octanol–water partition coefficient (Wildman–Crippen LogP) is 3.17. The van der Waals surface area contributed by atoms with Crippen molar-refractivity contribution in [2.75, 3.05) is 6.54 Å². The molecule has 0 spiro atoms. The van der Waals surface area contributed by atoms with Gasteiger partial charge in [-0.1, -0.05) is 30.3 Å². The standard InChI is InChI=1S/C17H19Cl2N3O/c1-16(12-17(16,18)19)15(23)21-8-7-14-20-9-10-22(14)11-13-5-3-2-4-6-13/h2-6,9-10H,7-8,11-12H2,1H3,(H,21,23). The van der Waals surface area contributed by atoms with Crippen molar-refractivity contribution >= 4 is 29.1 Å². The van der Waals surface area contributed by atoms with Crippen LogP contribution in [0.5, 0.6) is 0 Å². The van der Waals surface area contributed by atoms with Crippen LogP contribution in [0.25, 0.3) is 0 Å². The van der Waals surface area contributed by atoms with Gasteiger partial charge >= 0.3 is 0 Å². The van der Waals surface area contributed by atoms with Crippen molar-refractivity contribution < 1.29 is 4.79 Å².